The van der Waals surface area contributed by atoms with Gasteiger partial charge in [0.15, 0.2) is 5.76 Å². The molecule has 1 unspecified atom stereocenters. The van der Waals surface area contributed by atoms with Crippen LogP contribution in [0.25, 0.3) is 0 Å². The summed E-state index contributed by atoms with van der Waals surface area (Å²) in [5, 5.41) is 13.6. The fraction of sp³-hybridized carbons (Fsp3) is 0.455. The Bertz CT molecular complexity index is 1040. The third kappa shape index (κ3) is 4.00. The Hall–Kier alpha value is -3.00. The van der Waals surface area contributed by atoms with E-state index in [-0.39, 0.29) is 18.4 Å². The maximum Gasteiger partial charge on any atom is 0.289 e. The molecule has 1 fully saturated rings. The summed E-state index contributed by atoms with van der Waals surface area (Å²) in [5.74, 6) is 2.41. The summed E-state index contributed by atoms with van der Waals surface area (Å²) in [6.45, 7) is 6.71. The van der Waals surface area contributed by atoms with Crippen LogP contribution in [0.15, 0.2) is 27.3 Å². The van der Waals surface area contributed by atoms with E-state index in [1.165, 1.54) is 0 Å². The van der Waals surface area contributed by atoms with Crippen LogP contribution in [0.2, 0.25) is 0 Å². The van der Waals surface area contributed by atoms with Crippen LogP contribution in [0.5, 0.6) is 0 Å². The SMILES string of the molecule is Cc1ncc(CO)c(C2CCCN(C(=O)c3ccc(Cc4c(C)noc4C)o3)C2)n1. The van der Waals surface area contributed by atoms with E-state index in [0.29, 0.717) is 36.9 Å². The number of aryl methyl sites for hydroxylation is 3. The molecule has 0 bridgehead atoms. The number of hydrogen-bond donors (Lipinski definition) is 1. The lowest BCUT2D eigenvalue weighted by Crippen LogP contribution is -2.39. The maximum absolute atomic E-state index is 13.1. The van der Waals surface area contributed by atoms with Gasteiger partial charge in [0.05, 0.1) is 18.0 Å². The van der Waals surface area contributed by atoms with E-state index in [2.05, 4.69) is 15.1 Å². The van der Waals surface area contributed by atoms with Crippen molar-refractivity contribution in [2.24, 2.45) is 0 Å². The van der Waals surface area contributed by atoms with Gasteiger partial charge in [-0.25, -0.2) is 9.97 Å². The molecule has 8 heteroatoms. The van der Waals surface area contributed by atoms with Crippen LogP contribution in [-0.4, -0.2) is 44.1 Å². The van der Waals surface area contributed by atoms with E-state index in [4.69, 9.17) is 8.94 Å². The number of aromatic nitrogens is 3. The van der Waals surface area contributed by atoms with Gasteiger partial charge in [-0.3, -0.25) is 4.79 Å². The average Bonchev–Trinajstić information content (AvgIpc) is 3.35. The van der Waals surface area contributed by atoms with Gasteiger partial charge in [-0.15, -0.1) is 0 Å². The first-order valence-corrected chi connectivity index (χ1v) is 10.2. The minimum absolute atomic E-state index is 0.0725. The zero-order chi connectivity index (χ0) is 21.3. The second-order valence-corrected chi connectivity index (χ2v) is 7.82. The molecule has 4 heterocycles. The largest absolute Gasteiger partial charge is 0.456 e. The zero-order valence-corrected chi connectivity index (χ0v) is 17.5. The van der Waals surface area contributed by atoms with Crippen LogP contribution < -0.4 is 0 Å². The molecule has 0 radical (unpaired) electrons. The van der Waals surface area contributed by atoms with Gasteiger partial charge in [-0.2, -0.15) is 0 Å². The molecule has 0 spiro atoms. The van der Waals surface area contributed by atoms with Crippen molar-refractivity contribution in [2.75, 3.05) is 13.1 Å². The molecule has 30 heavy (non-hydrogen) atoms. The van der Waals surface area contributed by atoms with E-state index in [1.54, 1.807) is 12.3 Å². The third-order valence-corrected chi connectivity index (χ3v) is 5.69. The van der Waals surface area contributed by atoms with Gasteiger partial charge < -0.3 is 18.9 Å². The van der Waals surface area contributed by atoms with Crippen LogP contribution in [0.3, 0.4) is 0 Å². The molecular formula is C22H26N4O4. The van der Waals surface area contributed by atoms with Crippen molar-refractivity contribution in [1.82, 2.24) is 20.0 Å². The Morgan fingerprint density at radius 2 is 2.13 bits per heavy atom. The van der Waals surface area contributed by atoms with E-state index in [1.807, 2.05) is 31.7 Å². The van der Waals surface area contributed by atoms with Gasteiger partial charge >= 0.3 is 0 Å². The lowest BCUT2D eigenvalue weighted by Gasteiger charge is -2.32. The van der Waals surface area contributed by atoms with Crippen LogP contribution in [0.1, 0.15) is 69.2 Å². The summed E-state index contributed by atoms with van der Waals surface area (Å²) >= 11 is 0. The number of aliphatic hydroxyl groups excluding tert-OH is 1. The molecule has 1 saturated heterocycles. The van der Waals surface area contributed by atoms with Gasteiger partial charge in [0, 0.05) is 42.8 Å². The maximum atomic E-state index is 13.1. The molecule has 1 atom stereocenters. The van der Waals surface area contributed by atoms with Crippen molar-refractivity contribution in [1.29, 1.82) is 0 Å². The Morgan fingerprint density at radius 3 is 2.87 bits per heavy atom. The first kappa shape index (κ1) is 20.3. The second kappa shape index (κ2) is 8.39. The van der Waals surface area contributed by atoms with Crippen molar-refractivity contribution in [3.63, 3.8) is 0 Å². The van der Waals surface area contributed by atoms with Crippen LogP contribution in [0.4, 0.5) is 0 Å². The van der Waals surface area contributed by atoms with Crippen molar-refractivity contribution in [3.05, 3.63) is 63.9 Å². The Morgan fingerprint density at radius 1 is 1.30 bits per heavy atom. The number of aliphatic hydroxyl groups is 1. The number of carbonyl (C=O) groups excluding carboxylic acids is 1. The number of furan rings is 1. The monoisotopic (exact) mass is 410 g/mol. The Labute approximate surface area is 174 Å². The highest BCUT2D eigenvalue weighted by molar-refractivity contribution is 5.91. The number of carbonyl (C=O) groups is 1. The number of rotatable bonds is 5. The molecule has 1 N–H and O–H groups in total. The van der Waals surface area contributed by atoms with Gasteiger partial charge in [-0.05, 0) is 45.7 Å². The molecule has 0 aliphatic carbocycles. The smallest absolute Gasteiger partial charge is 0.289 e. The highest BCUT2D eigenvalue weighted by Gasteiger charge is 2.29. The molecule has 3 aromatic rings. The van der Waals surface area contributed by atoms with E-state index in [0.717, 1.165) is 41.1 Å². The highest BCUT2D eigenvalue weighted by atomic mass is 16.5. The molecule has 158 valence electrons. The van der Waals surface area contributed by atoms with Gasteiger partial charge in [0.25, 0.3) is 5.91 Å². The van der Waals surface area contributed by atoms with Crippen molar-refractivity contribution in [2.45, 2.75) is 52.6 Å². The topological polar surface area (TPSA) is 105 Å². The third-order valence-electron chi connectivity index (χ3n) is 5.69. The van der Waals surface area contributed by atoms with Crippen molar-refractivity contribution >= 4 is 5.91 Å². The number of nitrogens with zero attached hydrogens (tertiary/aromatic N) is 4. The lowest BCUT2D eigenvalue weighted by molar-refractivity contribution is 0.0671. The molecule has 3 aromatic heterocycles. The van der Waals surface area contributed by atoms with E-state index < -0.39 is 0 Å². The number of likely N-dealkylation sites (tertiary alicyclic amines) is 1. The number of amides is 1. The predicted molar refractivity (Wildman–Crippen MR) is 108 cm³/mol. The molecule has 1 aliphatic rings. The van der Waals surface area contributed by atoms with Crippen LogP contribution >= 0.6 is 0 Å². The average molecular weight is 410 g/mol. The van der Waals surface area contributed by atoms with E-state index >= 15 is 0 Å². The zero-order valence-electron chi connectivity index (χ0n) is 17.5. The first-order chi connectivity index (χ1) is 14.5. The summed E-state index contributed by atoms with van der Waals surface area (Å²) in [6, 6.07) is 3.56. The van der Waals surface area contributed by atoms with Gasteiger partial charge in [0.1, 0.15) is 17.3 Å². The Balaban J connectivity index is 1.49. The van der Waals surface area contributed by atoms with Crippen molar-refractivity contribution < 1.29 is 18.8 Å². The standard InChI is InChI=1S/C22H26N4O4/c1-13-19(14(2)30-25-13)9-18-6-7-20(29-18)22(28)26-8-4-5-16(11-26)21-17(12-27)10-23-15(3)24-21/h6-7,10,16,27H,4-5,8-9,11-12H2,1-3H3. The van der Waals surface area contributed by atoms with Crippen LogP contribution in [-0.2, 0) is 13.0 Å². The van der Waals surface area contributed by atoms with Crippen molar-refractivity contribution in [3.8, 4) is 0 Å². The Kier molecular flexibility index (Phi) is 5.67. The quantitative estimate of drug-likeness (QED) is 0.689. The van der Waals surface area contributed by atoms with Crippen LogP contribution in [0, 0.1) is 20.8 Å². The predicted octanol–water partition coefficient (Wildman–Crippen LogP) is 3.09. The minimum atomic E-state index is -0.124. The fourth-order valence-corrected chi connectivity index (χ4v) is 4.04. The molecule has 1 aliphatic heterocycles. The van der Waals surface area contributed by atoms with E-state index in [9.17, 15) is 9.90 Å². The molecule has 4 rings (SSSR count). The number of piperidine rings is 1. The highest BCUT2D eigenvalue weighted by Crippen LogP contribution is 2.29. The summed E-state index contributed by atoms with van der Waals surface area (Å²) in [4.78, 5) is 23.6. The summed E-state index contributed by atoms with van der Waals surface area (Å²) in [6.07, 6.45) is 4.00. The summed E-state index contributed by atoms with van der Waals surface area (Å²) in [7, 11) is 0. The van der Waals surface area contributed by atoms with Gasteiger partial charge in [0.2, 0.25) is 0 Å². The normalized spacial score (nSPS) is 16.8. The molecule has 0 saturated carbocycles. The lowest BCUT2D eigenvalue weighted by atomic mass is 9.92. The summed E-state index contributed by atoms with van der Waals surface area (Å²) in [5.41, 5.74) is 3.37. The number of hydrogen-bond acceptors (Lipinski definition) is 7. The molecular weight excluding hydrogens is 384 g/mol. The summed E-state index contributed by atoms with van der Waals surface area (Å²) < 4.78 is 11.1. The fourth-order valence-electron chi connectivity index (χ4n) is 4.04. The van der Waals surface area contributed by atoms with Gasteiger partial charge in [-0.1, -0.05) is 5.16 Å². The second-order valence-electron chi connectivity index (χ2n) is 7.82. The molecule has 8 nitrogen and oxygen atoms in total. The minimum Gasteiger partial charge on any atom is -0.456 e. The molecule has 0 aromatic carbocycles. The molecule has 1 amide bonds. The first-order valence-electron chi connectivity index (χ1n) is 10.2.